The second-order valence-electron chi connectivity index (χ2n) is 6.13. The van der Waals surface area contributed by atoms with E-state index >= 15 is 0 Å². The van der Waals surface area contributed by atoms with Crippen LogP contribution in [0.2, 0.25) is 0 Å². The Bertz CT molecular complexity index is 887. The SMILES string of the molecule is CCc1cc(NCc2ccc(F)cc2F)ccc1-c1ccccc1C. The summed E-state index contributed by atoms with van der Waals surface area (Å²) < 4.78 is 26.7. The van der Waals surface area contributed by atoms with Crippen LogP contribution < -0.4 is 5.32 Å². The molecular weight excluding hydrogens is 316 g/mol. The fourth-order valence-electron chi connectivity index (χ4n) is 3.00. The highest BCUT2D eigenvalue weighted by molar-refractivity contribution is 5.73. The molecule has 0 saturated carbocycles. The number of hydrogen-bond acceptors (Lipinski definition) is 1. The zero-order valence-electron chi connectivity index (χ0n) is 14.4. The van der Waals surface area contributed by atoms with E-state index in [-0.39, 0.29) is 0 Å². The van der Waals surface area contributed by atoms with Crippen molar-refractivity contribution >= 4 is 5.69 Å². The van der Waals surface area contributed by atoms with Crippen LogP contribution in [0.5, 0.6) is 0 Å². The topological polar surface area (TPSA) is 12.0 Å². The van der Waals surface area contributed by atoms with E-state index in [1.807, 2.05) is 18.2 Å². The van der Waals surface area contributed by atoms with Crippen molar-refractivity contribution in [2.24, 2.45) is 0 Å². The third kappa shape index (κ3) is 3.87. The average molecular weight is 337 g/mol. The van der Waals surface area contributed by atoms with E-state index < -0.39 is 11.6 Å². The maximum absolute atomic E-state index is 13.7. The monoisotopic (exact) mass is 337 g/mol. The minimum Gasteiger partial charge on any atom is -0.381 e. The summed E-state index contributed by atoms with van der Waals surface area (Å²) in [6, 6.07) is 18.2. The molecule has 3 rings (SSSR count). The minimum absolute atomic E-state index is 0.318. The quantitative estimate of drug-likeness (QED) is 0.592. The molecule has 3 aromatic carbocycles. The first-order chi connectivity index (χ1) is 12.1. The molecule has 0 fully saturated rings. The predicted octanol–water partition coefficient (Wildman–Crippen LogP) is 6.11. The number of hydrogen-bond donors (Lipinski definition) is 1. The molecule has 25 heavy (non-hydrogen) atoms. The smallest absolute Gasteiger partial charge is 0.131 e. The minimum atomic E-state index is -0.558. The van der Waals surface area contributed by atoms with E-state index in [1.165, 1.54) is 34.4 Å². The van der Waals surface area contributed by atoms with Gasteiger partial charge < -0.3 is 5.32 Å². The van der Waals surface area contributed by atoms with Crippen LogP contribution in [0.1, 0.15) is 23.6 Å². The van der Waals surface area contributed by atoms with E-state index in [0.717, 1.165) is 18.2 Å². The lowest BCUT2D eigenvalue weighted by molar-refractivity contribution is 0.574. The molecule has 1 nitrogen and oxygen atoms in total. The summed E-state index contributed by atoms with van der Waals surface area (Å²) >= 11 is 0. The molecule has 128 valence electrons. The maximum atomic E-state index is 13.7. The Hall–Kier alpha value is -2.68. The maximum Gasteiger partial charge on any atom is 0.131 e. The molecule has 0 aliphatic carbocycles. The Balaban J connectivity index is 1.83. The fraction of sp³-hybridized carbons (Fsp3) is 0.182. The summed E-state index contributed by atoms with van der Waals surface area (Å²) in [4.78, 5) is 0. The van der Waals surface area contributed by atoms with E-state index in [2.05, 4.69) is 43.4 Å². The largest absolute Gasteiger partial charge is 0.381 e. The standard InChI is InChI=1S/C22H21F2N/c1-3-16-12-19(25-14-17-8-9-18(23)13-22(17)24)10-11-21(16)20-7-5-4-6-15(20)2/h4-13,25H,3,14H2,1-2H3. The Morgan fingerprint density at radius 2 is 1.64 bits per heavy atom. The summed E-state index contributed by atoms with van der Waals surface area (Å²) in [6.45, 7) is 4.55. The Kier molecular flexibility index (Phi) is 5.13. The van der Waals surface area contributed by atoms with Crippen molar-refractivity contribution in [3.63, 3.8) is 0 Å². The Labute approximate surface area is 147 Å². The van der Waals surface area contributed by atoms with Gasteiger partial charge in [0.25, 0.3) is 0 Å². The fourth-order valence-corrected chi connectivity index (χ4v) is 3.00. The van der Waals surface area contributed by atoms with Crippen LogP contribution in [0.3, 0.4) is 0 Å². The molecule has 0 saturated heterocycles. The van der Waals surface area contributed by atoms with Crippen LogP contribution in [-0.2, 0) is 13.0 Å². The third-order valence-electron chi connectivity index (χ3n) is 4.42. The van der Waals surface area contributed by atoms with Gasteiger partial charge in [-0.2, -0.15) is 0 Å². The second kappa shape index (κ2) is 7.47. The summed E-state index contributed by atoms with van der Waals surface area (Å²) in [5.74, 6) is -1.09. The first kappa shape index (κ1) is 17.2. The lowest BCUT2D eigenvalue weighted by Crippen LogP contribution is -2.03. The second-order valence-corrected chi connectivity index (χ2v) is 6.13. The van der Waals surface area contributed by atoms with Crippen LogP contribution in [0.15, 0.2) is 60.7 Å². The highest BCUT2D eigenvalue weighted by Crippen LogP contribution is 2.29. The average Bonchev–Trinajstić information content (AvgIpc) is 2.61. The van der Waals surface area contributed by atoms with Crippen molar-refractivity contribution in [1.82, 2.24) is 0 Å². The lowest BCUT2D eigenvalue weighted by Gasteiger charge is -2.14. The van der Waals surface area contributed by atoms with Gasteiger partial charge in [-0.1, -0.05) is 43.3 Å². The van der Waals surface area contributed by atoms with Crippen LogP contribution in [0.4, 0.5) is 14.5 Å². The first-order valence-corrected chi connectivity index (χ1v) is 8.45. The Morgan fingerprint density at radius 1 is 0.840 bits per heavy atom. The van der Waals surface area contributed by atoms with Crippen LogP contribution in [0, 0.1) is 18.6 Å². The number of anilines is 1. The number of aryl methyl sites for hydroxylation is 2. The molecule has 0 radical (unpaired) electrons. The molecule has 3 aromatic rings. The van der Waals surface area contributed by atoms with Gasteiger partial charge in [0.15, 0.2) is 0 Å². The number of halogens is 2. The highest BCUT2D eigenvalue weighted by Gasteiger charge is 2.08. The van der Waals surface area contributed by atoms with Crippen molar-refractivity contribution < 1.29 is 8.78 Å². The molecule has 3 heteroatoms. The number of benzene rings is 3. The molecule has 0 aromatic heterocycles. The normalized spacial score (nSPS) is 10.7. The number of nitrogens with one attached hydrogen (secondary N) is 1. The molecule has 0 bridgehead atoms. The van der Waals surface area contributed by atoms with E-state index in [9.17, 15) is 8.78 Å². The van der Waals surface area contributed by atoms with Crippen molar-refractivity contribution in [1.29, 1.82) is 0 Å². The van der Waals surface area contributed by atoms with E-state index in [1.54, 1.807) is 0 Å². The van der Waals surface area contributed by atoms with Crippen molar-refractivity contribution in [2.75, 3.05) is 5.32 Å². The summed E-state index contributed by atoms with van der Waals surface area (Å²) in [5.41, 5.74) is 6.31. The van der Waals surface area contributed by atoms with Crippen molar-refractivity contribution in [2.45, 2.75) is 26.8 Å². The molecule has 0 spiro atoms. The zero-order chi connectivity index (χ0) is 17.8. The number of rotatable bonds is 5. The van der Waals surface area contributed by atoms with Gasteiger partial charge >= 0.3 is 0 Å². The van der Waals surface area contributed by atoms with Gasteiger partial charge in [-0.25, -0.2) is 8.78 Å². The van der Waals surface area contributed by atoms with E-state index in [0.29, 0.717) is 12.1 Å². The first-order valence-electron chi connectivity index (χ1n) is 8.45. The van der Waals surface area contributed by atoms with Crippen LogP contribution in [-0.4, -0.2) is 0 Å². The van der Waals surface area contributed by atoms with Gasteiger partial charge in [-0.15, -0.1) is 0 Å². The van der Waals surface area contributed by atoms with Crippen LogP contribution >= 0.6 is 0 Å². The molecule has 0 atom stereocenters. The summed E-state index contributed by atoms with van der Waals surface area (Å²) in [7, 11) is 0. The zero-order valence-corrected chi connectivity index (χ0v) is 14.4. The van der Waals surface area contributed by atoms with E-state index in [4.69, 9.17) is 0 Å². The molecular formula is C22H21F2N. The van der Waals surface area contributed by atoms with Gasteiger partial charge in [-0.05, 0) is 53.8 Å². The van der Waals surface area contributed by atoms with Crippen LogP contribution in [0.25, 0.3) is 11.1 Å². The molecule has 0 aliphatic rings. The molecule has 0 amide bonds. The van der Waals surface area contributed by atoms with Gasteiger partial charge in [-0.3, -0.25) is 0 Å². The summed E-state index contributed by atoms with van der Waals surface area (Å²) in [6.07, 6.45) is 0.907. The van der Waals surface area contributed by atoms with Crippen molar-refractivity contribution in [3.05, 3.63) is 89.0 Å². The third-order valence-corrected chi connectivity index (χ3v) is 4.42. The molecule has 1 N–H and O–H groups in total. The lowest BCUT2D eigenvalue weighted by atomic mass is 9.94. The van der Waals surface area contributed by atoms with Gasteiger partial charge in [0.2, 0.25) is 0 Å². The predicted molar refractivity (Wildman–Crippen MR) is 99.7 cm³/mol. The molecule has 0 unspecified atom stereocenters. The van der Waals surface area contributed by atoms with Gasteiger partial charge in [0.05, 0.1) is 0 Å². The summed E-state index contributed by atoms with van der Waals surface area (Å²) in [5, 5.41) is 3.23. The molecule has 0 heterocycles. The highest BCUT2D eigenvalue weighted by atomic mass is 19.1. The Morgan fingerprint density at radius 3 is 2.36 bits per heavy atom. The molecule has 0 aliphatic heterocycles. The van der Waals surface area contributed by atoms with Gasteiger partial charge in [0, 0.05) is 23.9 Å². The van der Waals surface area contributed by atoms with Crippen molar-refractivity contribution in [3.8, 4) is 11.1 Å². The van der Waals surface area contributed by atoms with Gasteiger partial charge in [0.1, 0.15) is 11.6 Å².